The molecule has 0 amide bonds. The summed E-state index contributed by atoms with van der Waals surface area (Å²) in [7, 11) is -4.62. The van der Waals surface area contributed by atoms with Gasteiger partial charge in [-0.1, -0.05) is 89.5 Å². The number of hydrogen-bond donors (Lipinski definition) is 2. The summed E-state index contributed by atoms with van der Waals surface area (Å²) >= 11 is 0. The second-order valence-corrected chi connectivity index (χ2v) is 10.3. The van der Waals surface area contributed by atoms with Crippen molar-refractivity contribution in [2.75, 3.05) is 18.0 Å². The third-order valence-corrected chi connectivity index (χ3v) is 7.01. The molecule has 0 heterocycles. The Hall–Kier alpha value is -1.07. The van der Waals surface area contributed by atoms with Crippen LogP contribution in [0.15, 0.2) is 41.3 Å². The normalized spacial score (nSPS) is 13.4. The first-order chi connectivity index (χ1) is 15.8. The van der Waals surface area contributed by atoms with E-state index in [-0.39, 0.29) is 23.8 Å². The van der Waals surface area contributed by atoms with Gasteiger partial charge in [-0.25, -0.2) is 8.42 Å². The number of benzene rings is 2. The molecule has 6 nitrogen and oxygen atoms in total. The molecule has 0 bridgehead atoms. The van der Waals surface area contributed by atoms with Crippen LogP contribution in [0.2, 0.25) is 0 Å². The Morgan fingerprint density at radius 3 is 1.76 bits per heavy atom. The van der Waals surface area contributed by atoms with Gasteiger partial charge >= 0.3 is 18.9 Å². The van der Waals surface area contributed by atoms with Gasteiger partial charge in [0.2, 0.25) is 0 Å². The Labute approximate surface area is 217 Å². The molecule has 0 saturated heterocycles. The first kappa shape index (κ1) is 31.0. The van der Waals surface area contributed by atoms with Crippen molar-refractivity contribution in [3.8, 4) is 0 Å². The Morgan fingerprint density at radius 1 is 0.794 bits per heavy atom. The summed E-state index contributed by atoms with van der Waals surface area (Å²) in [5.74, 6) is 0. The zero-order valence-electron chi connectivity index (χ0n) is 21.1. The van der Waals surface area contributed by atoms with Crippen molar-refractivity contribution in [2.24, 2.45) is 0 Å². The van der Waals surface area contributed by atoms with E-state index in [1.54, 1.807) is 30.3 Å². The summed E-state index contributed by atoms with van der Waals surface area (Å²) in [6, 6.07) is 9.89. The number of hydrogen-bond acceptors (Lipinski definition) is 6. The van der Waals surface area contributed by atoms with Crippen LogP contribution in [0.1, 0.15) is 78.1 Å². The number of nitrogens with zero attached hydrogens (tertiary/aromatic N) is 1. The van der Waals surface area contributed by atoms with Gasteiger partial charge in [0.25, 0.3) is 0 Å². The number of unbranched alkanes of at least 4 members (excludes halogenated alkanes) is 6. The van der Waals surface area contributed by atoms with E-state index in [2.05, 4.69) is 13.8 Å². The Bertz CT molecular complexity index is 933. The minimum absolute atomic E-state index is 0. The van der Waals surface area contributed by atoms with Crippen LogP contribution in [-0.4, -0.2) is 48.5 Å². The predicted molar refractivity (Wildman–Crippen MR) is 134 cm³/mol. The second-order valence-electron chi connectivity index (χ2n) is 8.99. The van der Waals surface area contributed by atoms with Crippen molar-refractivity contribution in [3.63, 3.8) is 0 Å². The average Bonchev–Trinajstić information content (AvgIpc) is 2.78. The zero-order valence-corrected chi connectivity index (χ0v) is 21.9. The maximum absolute atomic E-state index is 11.8. The van der Waals surface area contributed by atoms with E-state index in [0.717, 1.165) is 57.1 Å². The molecule has 2 atom stereocenters. The van der Waals surface area contributed by atoms with Crippen LogP contribution in [0, 0.1) is 0 Å². The molecule has 2 aromatic rings. The summed E-state index contributed by atoms with van der Waals surface area (Å²) in [4.78, 5) is 1.69. The smallest absolute Gasteiger partial charge is 0.744 e. The fourth-order valence-corrected chi connectivity index (χ4v) is 5.01. The molecule has 0 aliphatic rings. The van der Waals surface area contributed by atoms with Gasteiger partial charge in [-0.05, 0) is 25.0 Å². The molecular formula is C26H40LiNO5S. The van der Waals surface area contributed by atoms with E-state index >= 15 is 0 Å². The van der Waals surface area contributed by atoms with Gasteiger partial charge in [-0.3, -0.25) is 0 Å². The van der Waals surface area contributed by atoms with Crippen LogP contribution < -0.4 is 23.8 Å². The molecule has 2 rings (SSSR count). The van der Waals surface area contributed by atoms with Crippen molar-refractivity contribution >= 4 is 26.6 Å². The molecule has 0 aliphatic heterocycles. The van der Waals surface area contributed by atoms with Gasteiger partial charge in [0.15, 0.2) is 0 Å². The van der Waals surface area contributed by atoms with Crippen LogP contribution in [0.5, 0.6) is 0 Å². The van der Waals surface area contributed by atoms with Crippen LogP contribution >= 0.6 is 0 Å². The fraction of sp³-hybridized carbons (Fsp3) is 0.615. The zero-order chi connectivity index (χ0) is 24.3. The number of aliphatic hydroxyl groups is 2. The summed E-state index contributed by atoms with van der Waals surface area (Å²) in [6.45, 7) is 4.98. The molecule has 0 aromatic heterocycles. The molecule has 0 aliphatic carbocycles. The molecular weight excluding hydrogens is 445 g/mol. The van der Waals surface area contributed by atoms with Crippen molar-refractivity contribution in [1.82, 2.24) is 0 Å². The minimum atomic E-state index is -4.62. The van der Waals surface area contributed by atoms with Crippen LogP contribution in [-0.2, 0) is 10.1 Å². The number of rotatable bonds is 16. The largest absolute Gasteiger partial charge is 1.00 e. The molecule has 0 saturated carbocycles. The van der Waals surface area contributed by atoms with Crippen LogP contribution in [0.4, 0.5) is 5.69 Å². The quantitative estimate of drug-likeness (QED) is 0.215. The van der Waals surface area contributed by atoms with Gasteiger partial charge in [-0.2, -0.15) is 0 Å². The summed E-state index contributed by atoms with van der Waals surface area (Å²) < 4.78 is 35.3. The fourth-order valence-electron chi connectivity index (χ4n) is 4.33. The number of anilines is 1. The average molecular weight is 486 g/mol. The van der Waals surface area contributed by atoms with E-state index in [4.69, 9.17) is 0 Å². The standard InChI is InChI=1S/C26H41NO5S.Li/c1-3-5-7-9-13-21(28)19-27(20-22(29)14-10-8-6-4-2)25-17-18-26(33(30,31)32)24-16-12-11-15-23(24)25;/h11-12,15-18,21-22,28-29H,3-10,13-14,19-20H2,1-2H3,(H,30,31,32);/q;+1/p-1. The van der Waals surface area contributed by atoms with Crippen molar-refractivity contribution in [2.45, 2.75) is 95.2 Å². The second kappa shape index (κ2) is 15.8. The van der Waals surface area contributed by atoms with Gasteiger partial charge < -0.3 is 19.7 Å². The molecule has 2 N–H and O–H groups in total. The molecule has 2 aromatic carbocycles. The maximum Gasteiger partial charge on any atom is 1.00 e. The van der Waals surface area contributed by atoms with Crippen molar-refractivity contribution in [1.29, 1.82) is 0 Å². The molecule has 186 valence electrons. The Balaban J connectivity index is 0.00000578. The summed E-state index contributed by atoms with van der Waals surface area (Å²) in [6.07, 6.45) is 8.81. The molecule has 0 spiro atoms. The Kier molecular flexibility index (Phi) is 14.4. The molecule has 8 heteroatoms. The molecule has 0 radical (unpaired) electrons. The Morgan fingerprint density at radius 2 is 1.29 bits per heavy atom. The van der Waals surface area contributed by atoms with Crippen molar-refractivity contribution < 1.29 is 42.0 Å². The first-order valence-corrected chi connectivity index (χ1v) is 13.8. The van der Waals surface area contributed by atoms with E-state index < -0.39 is 22.3 Å². The monoisotopic (exact) mass is 485 g/mol. The van der Waals surface area contributed by atoms with Crippen LogP contribution in [0.25, 0.3) is 10.8 Å². The third kappa shape index (κ3) is 9.89. The molecule has 2 unspecified atom stereocenters. The predicted octanol–water partition coefficient (Wildman–Crippen LogP) is 2.22. The first-order valence-electron chi connectivity index (χ1n) is 12.4. The molecule has 0 fully saturated rings. The summed E-state index contributed by atoms with van der Waals surface area (Å²) in [5.41, 5.74) is 0.721. The van der Waals surface area contributed by atoms with Crippen molar-refractivity contribution in [3.05, 3.63) is 36.4 Å². The SMILES string of the molecule is CCCCCCC(O)CN(CC(O)CCCCCC)c1ccc(S(=O)(=O)[O-])c2ccccc12.[Li+]. The van der Waals surface area contributed by atoms with E-state index in [0.29, 0.717) is 36.7 Å². The third-order valence-electron chi connectivity index (χ3n) is 6.12. The van der Waals surface area contributed by atoms with Gasteiger partial charge in [0.05, 0.1) is 17.1 Å². The van der Waals surface area contributed by atoms with Gasteiger partial charge in [0.1, 0.15) is 10.1 Å². The van der Waals surface area contributed by atoms with E-state index in [9.17, 15) is 23.2 Å². The maximum atomic E-state index is 11.8. The topological polar surface area (TPSA) is 101 Å². The van der Waals surface area contributed by atoms with E-state index in [1.165, 1.54) is 6.07 Å². The molecule has 34 heavy (non-hydrogen) atoms. The van der Waals surface area contributed by atoms with Crippen LogP contribution in [0.3, 0.4) is 0 Å². The number of aliphatic hydroxyl groups excluding tert-OH is 2. The number of fused-ring (bicyclic) bond motifs is 1. The van der Waals surface area contributed by atoms with E-state index in [1.807, 2.05) is 4.90 Å². The van der Waals surface area contributed by atoms with Gasteiger partial charge in [0, 0.05) is 29.5 Å². The van der Waals surface area contributed by atoms with Gasteiger partial charge in [-0.15, -0.1) is 0 Å². The summed E-state index contributed by atoms with van der Waals surface area (Å²) in [5, 5.41) is 22.4. The minimum Gasteiger partial charge on any atom is -0.744 e.